The SMILES string of the molecule is Cc1nc2ccccc2nc1NCCCCC(C)C. The summed E-state index contributed by atoms with van der Waals surface area (Å²) in [5.74, 6) is 1.71. The number of benzene rings is 1. The number of hydrogen-bond donors (Lipinski definition) is 1. The van der Waals surface area contributed by atoms with Crippen molar-refractivity contribution in [3.8, 4) is 0 Å². The minimum Gasteiger partial charge on any atom is -0.369 e. The smallest absolute Gasteiger partial charge is 0.148 e. The number of aromatic nitrogens is 2. The quantitative estimate of drug-likeness (QED) is 0.789. The second kappa shape index (κ2) is 6.50. The van der Waals surface area contributed by atoms with E-state index in [1.807, 2.05) is 31.2 Å². The standard InChI is InChI=1S/C16H23N3/c1-12(2)8-6-7-11-17-16-13(3)18-14-9-4-5-10-15(14)19-16/h4-5,9-10,12H,6-8,11H2,1-3H3,(H,17,19). The van der Waals surface area contributed by atoms with Gasteiger partial charge >= 0.3 is 0 Å². The predicted molar refractivity (Wildman–Crippen MR) is 81.5 cm³/mol. The van der Waals surface area contributed by atoms with Gasteiger partial charge in [0.1, 0.15) is 5.82 Å². The number of nitrogens with one attached hydrogen (secondary N) is 1. The van der Waals surface area contributed by atoms with Crippen LogP contribution in [0.25, 0.3) is 11.0 Å². The summed E-state index contributed by atoms with van der Waals surface area (Å²) < 4.78 is 0. The average molecular weight is 257 g/mol. The number of rotatable bonds is 6. The molecular formula is C16H23N3. The van der Waals surface area contributed by atoms with Gasteiger partial charge in [-0.05, 0) is 31.4 Å². The van der Waals surface area contributed by atoms with E-state index in [1.54, 1.807) is 0 Å². The lowest BCUT2D eigenvalue weighted by Gasteiger charge is -2.09. The van der Waals surface area contributed by atoms with E-state index in [9.17, 15) is 0 Å². The molecule has 1 heterocycles. The van der Waals surface area contributed by atoms with Gasteiger partial charge in [-0.15, -0.1) is 0 Å². The Bertz CT molecular complexity index is 535. The van der Waals surface area contributed by atoms with Gasteiger partial charge in [-0.1, -0.05) is 38.8 Å². The molecule has 0 bridgehead atoms. The zero-order valence-electron chi connectivity index (χ0n) is 12.1. The molecule has 0 saturated carbocycles. The fourth-order valence-electron chi connectivity index (χ4n) is 2.14. The van der Waals surface area contributed by atoms with Gasteiger partial charge in [0.15, 0.2) is 0 Å². The number of hydrogen-bond acceptors (Lipinski definition) is 3. The summed E-state index contributed by atoms with van der Waals surface area (Å²) in [6, 6.07) is 8.00. The maximum Gasteiger partial charge on any atom is 0.148 e. The molecule has 0 atom stereocenters. The number of anilines is 1. The Labute approximate surface area is 115 Å². The third-order valence-corrected chi connectivity index (χ3v) is 3.25. The first-order chi connectivity index (χ1) is 9.16. The molecule has 3 heteroatoms. The summed E-state index contributed by atoms with van der Waals surface area (Å²) in [5.41, 5.74) is 2.89. The Morgan fingerprint density at radius 2 is 1.74 bits per heavy atom. The van der Waals surface area contributed by atoms with Gasteiger partial charge in [0.2, 0.25) is 0 Å². The molecule has 3 nitrogen and oxygen atoms in total. The van der Waals surface area contributed by atoms with E-state index >= 15 is 0 Å². The number of para-hydroxylation sites is 2. The highest BCUT2D eigenvalue weighted by atomic mass is 15.0. The third kappa shape index (κ3) is 3.91. The summed E-state index contributed by atoms with van der Waals surface area (Å²) in [6.45, 7) is 7.52. The van der Waals surface area contributed by atoms with Crippen molar-refractivity contribution in [1.29, 1.82) is 0 Å². The molecule has 1 N–H and O–H groups in total. The van der Waals surface area contributed by atoms with Crippen LogP contribution in [0.2, 0.25) is 0 Å². The Balaban J connectivity index is 1.95. The van der Waals surface area contributed by atoms with Crippen LogP contribution in [0.4, 0.5) is 5.82 Å². The van der Waals surface area contributed by atoms with Crippen molar-refractivity contribution in [3.05, 3.63) is 30.0 Å². The molecule has 0 unspecified atom stereocenters. The van der Waals surface area contributed by atoms with E-state index < -0.39 is 0 Å². The lowest BCUT2D eigenvalue weighted by molar-refractivity contribution is 0.544. The van der Waals surface area contributed by atoms with Crippen molar-refractivity contribution in [2.75, 3.05) is 11.9 Å². The number of aryl methyl sites for hydroxylation is 1. The van der Waals surface area contributed by atoms with Crippen LogP contribution in [-0.4, -0.2) is 16.5 Å². The fraction of sp³-hybridized carbons (Fsp3) is 0.500. The largest absolute Gasteiger partial charge is 0.369 e. The van der Waals surface area contributed by atoms with Gasteiger partial charge in [-0.25, -0.2) is 9.97 Å². The third-order valence-electron chi connectivity index (χ3n) is 3.25. The molecule has 1 aromatic carbocycles. The molecule has 2 rings (SSSR count). The topological polar surface area (TPSA) is 37.8 Å². The lowest BCUT2D eigenvalue weighted by Crippen LogP contribution is -2.06. The van der Waals surface area contributed by atoms with Crippen LogP contribution in [0.15, 0.2) is 24.3 Å². The van der Waals surface area contributed by atoms with E-state index in [0.29, 0.717) is 0 Å². The summed E-state index contributed by atoms with van der Waals surface area (Å²) >= 11 is 0. The summed E-state index contributed by atoms with van der Waals surface area (Å²) in [5, 5.41) is 3.41. The number of nitrogens with zero attached hydrogens (tertiary/aromatic N) is 2. The van der Waals surface area contributed by atoms with Crippen molar-refractivity contribution in [3.63, 3.8) is 0 Å². The first-order valence-corrected chi connectivity index (χ1v) is 7.14. The molecule has 0 aliphatic heterocycles. The predicted octanol–water partition coefficient (Wildman–Crippen LogP) is 4.18. The second-order valence-corrected chi connectivity index (χ2v) is 5.46. The first-order valence-electron chi connectivity index (χ1n) is 7.14. The fourth-order valence-corrected chi connectivity index (χ4v) is 2.14. The molecule has 0 spiro atoms. The molecule has 0 radical (unpaired) electrons. The monoisotopic (exact) mass is 257 g/mol. The van der Waals surface area contributed by atoms with Crippen LogP contribution in [-0.2, 0) is 0 Å². The van der Waals surface area contributed by atoms with Gasteiger partial charge in [-0.2, -0.15) is 0 Å². The van der Waals surface area contributed by atoms with Gasteiger partial charge in [0.05, 0.1) is 16.7 Å². The van der Waals surface area contributed by atoms with Crippen LogP contribution < -0.4 is 5.32 Å². The summed E-state index contributed by atoms with van der Waals surface area (Å²) in [6.07, 6.45) is 3.75. The highest BCUT2D eigenvalue weighted by Gasteiger charge is 2.04. The van der Waals surface area contributed by atoms with Crippen molar-refractivity contribution < 1.29 is 0 Å². The van der Waals surface area contributed by atoms with E-state index in [-0.39, 0.29) is 0 Å². The molecule has 2 aromatic rings. The Kier molecular flexibility index (Phi) is 4.72. The minimum absolute atomic E-state index is 0.794. The van der Waals surface area contributed by atoms with Gasteiger partial charge < -0.3 is 5.32 Å². The Morgan fingerprint density at radius 3 is 2.42 bits per heavy atom. The van der Waals surface area contributed by atoms with Crippen molar-refractivity contribution in [2.24, 2.45) is 5.92 Å². The first kappa shape index (κ1) is 13.8. The van der Waals surface area contributed by atoms with Crippen LogP contribution in [0, 0.1) is 12.8 Å². The number of fused-ring (bicyclic) bond motifs is 1. The van der Waals surface area contributed by atoms with Crippen molar-refractivity contribution in [2.45, 2.75) is 40.0 Å². The Hall–Kier alpha value is -1.64. The Morgan fingerprint density at radius 1 is 1.05 bits per heavy atom. The minimum atomic E-state index is 0.794. The molecule has 0 fully saturated rings. The molecule has 0 amide bonds. The van der Waals surface area contributed by atoms with E-state index in [4.69, 9.17) is 0 Å². The van der Waals surface area contributed by atoms with Crippen molar-refractivity contribution in [1.82, 2.24) is 9.97 Å². The van der Waals surface area contributed by atoms with Crippen LogP contribution in [0.3, 0.4) is 0 Å². The van der Waals surface area contributed by atoms with E-state index in [1.165, 1.54) is 19.3 Å². The van der Waals surface area contributed by atoms with Gasteiger partial charge in [0.25, 0.3) is 0 Å². The lowest BCUT2D eigenvalue weighted by atomic mass is 10.1. The molecule has 19 heavy (non-hydrogen) atoms. The van der Waals surface area contributed by atoms with Crippen LogP contribution in [0.1, 0.15) is 38.8 Å². The average Bonchev–Trinajstić information content (AvgIpc) is 2.38. The van der Waals surface area contributed by atoms with E-state index in [2.05, 4.69) is 29.1 Å². The molecule has 1 aromatic heterocycles. The van der Waals surface area contributed by atoms with Gasteiger partial charge in [0, 0.05) is 6.54 Å². The normalized spacial score (nSPS) is 11.2. The maximum absolute atomic E-state index is 4.63. The maximum atomic E-state index is 4.63. The second-order valence-electron chi connectivity index (χ2n) is 5.46. The molecular weight excluding hydrogens is 234 g/mol. The summed E-state index contributed by atoms with van der Waals surface area (Å²) in [7, 11) is 0. The molecule has 102 valence electrons. The van der Waals surface area contributed by atoms with Gasteiger partial charge in [-0.3, -0.25) is 0 Å². The zero-order chi connectivity index (χ0) is 13.7. The number of unbranched alkanes of at least 4 members (excludes halogenated alkanes) is 1. The molecule has 0 aliphatic carbocycles. The zero-order valence-corrected chi connectivity index (χ0v) is 12.1. The highest BCUT2D eigenvalue weighted by Crippen LogP contribution is 2.16. The van der Waals surface area contributed by atoms with E-state index in [0.717, 1.165) is 35.0 Å². The van der Waals surface area contributed by atoms with Crippen LogP contribution in [0.5, 0.6) is 0 Å². The molecule has 0 aliphatic rings. The molecule has 0 saturated heterocycles. The summed E-state index contributed by atoms with van der Waals surface area (Å²) in [4.78, 5) is 9.21. The van der Waals surface area contributed by atoms with Crippen LogP contribution >= 0.6 is 0 Å². The highest BCUT2D eigenvalue weighted by molar-refractivity contribution is 5.76. The van der Waals surface area contributed by atoms with Crippen molar-refractivity contribution >= 4 is 16.9 Å².